The van der Waals surface area contributed by atoms with Gasteiger partial charge in [-0.3, -0.25) is 4.90 Å². The average Bonchev–Trinajstić information content (AvgIpc) is 2.81. The first-order chi connectivity index (χ1) is 8.72. The largest absolute Gasteiger partial charge is 0.459 e. The van der Waals surface area contributed by atoms with Crippen LogP contribution in [0.4, 0.5) is 0 Å². The predicted molar refractivity (Wildman–Crippen MR) is 75.8 cm³/mol. The lowest BCUT2D eigenvalue weighted by molar-refractivity contribution is 0.231. The molecule has 0 saturated heterocycles. The van der Waals surface area contributed by atoms with Gasteiger partial charge in [-0.1, -0.05) is 18.2 Å². The van der Waals surface area contributed by atoms with E-state index in [0.717, 1.165) is 30.9 Å². The summed E-state index contributed by atoms with van der Waals surface area (Å²) in [5.41, 5.74) is 0.975. The first-order valence-electron chi connectivity index (χ1n) is 6.55. The van der Waals surface area contributed by atoms with E-state index in [2.05, 4.69) is 36.3 Å². The Morgan fingerprint density at radius 2 is 2.11 bits per heavy atom. The fourth-order valence-corrected chi connectivity index (χ4v) is 2.12. The Balaban J connectivity index is 2.05. The fraction of sp³-hybridized carbons (Fsp3) is 0.467. The topological polar surface area (TPSA) is 28.4 Å². The molecule has 2 aromatic rings. The SMILES string of the molecule is CNCCCN(C)C(C)c1cc2ccccc2o1. The minimum atomic E-state index is 0.314. The highest BCUT2D eigenvalue weighted by molar-refractivity contribution is 5.77. The molecule has 0 amide bonds. The lowest BCUT2D eigenvalue weighted by atomic mass is 10.2. The van der Waals surface area contributed by atoms with Gasteiger partial charge in [0.1, 0.15) is 11.3 Å². The monoisotopic (exact) mass is 246 g/mol. The molecule has 0 fully saturated rings. The fourth-order valence-electron chi connectivity index (χ4n) is 2.12. The maximum absolute atomic E-state index is 5.90. The van der Waals surface area contributed by atoms with Crippen molar-refractivity contribution in [3.05, 3.63) is 36.1 Å². The van der Waals surface area contributed by atoms with Crippen LogP contribution in [0.5, 0.6) is 0 Å². The zero-order valence-corrected chi connectivity index (χ0v) is 11.4. The van der Waals surface area contributed by atoms with Crippen LogP contribution in [-0.4, -0.2) is 32.1 Å². The van der Waals surface area contributed by atoms with Crippen LogP contribution in [0.2, 0.25) is 0 Å². The Bertz CT molecular complexity index is 459. The molecule has 0 aliphatic carbocycles. The molecule has 98 valence electrons. The standard InChI is InChI=1S/C15H22N2O/c1-12(17(3)10-6-9-16-2)15-11-13-7-4-5-8-14(13)18-15/h4-5,7-8,11-12,16H,6,9-10H2,1-3H3. The van der Waals surface area contributed by atoms with Crippen LogP contribution in [0.15, 0.2) is 34.7 Å². The number of benzene rings is 1. The molecule has 0 aliphatic heterocycles. The highest BCUT2D eigenvalue weighted by Crippen LogP contribution is 2.26. The van der Waals surface area contributed by atoms with Crippen molar-refractivity contribution in [3.63, 3.8) is 0 Å². The van der Waals surface area contributed by atoms with Gasteiger partial charge in [0.05, 0.1) is 6.04 Å². The summed E-state index contributed by atoms with van der Waals surface area (Å²) in [4.78, 5) is 2.33. The summed E-state index contributed by atoms with van der Waals surface area (Å²) in [5, 5.41) is 4.36. The van der Waals surface area contributed by atoms with E-state index in [1.807, 2.05) is 25.2 Å². The number of nitrogens with one attached hydrogen (secondary N) is 1. The molecule has 0 aliphatic rings. The van der Waals surface area contributed by atoms with Crippen molar-refractivity contribution in [1.82, 2.24) is 10.2 Å². The highest BCUT2D eigenvalue weighted by atomic mass is 16.3. The molecule has 3 nitrogen and oxygen atoms in total. The molecule has 1 N–H and O–H groups in total. The number of furan rings is 1. The third-order valence-electron chi connectivity index (χ3n) is 3.46. The summed E-state index contributed by atoms with van der Waals surface area (Å²) in [6.45, 7) is 4.31. The summed E-state index contributed by atoms with van der Waals surface area (Å²) < 4.78 is 5.90. The molecular weight excluding hydrogens is 224 g/mol. The van der Waals surface area contributed by atoms with E-state index < -0.39 is 0 Å². The van der Waals surface area contributed by atoms with Gasteiger partial charge in [-0.15, -0.1) is 0 Å². The summed E-state index contributed by atoms with van der Waals surface area (Å²) in [6.07, 6.45) is 1.15. The maximum atomic E-state index is 5.90. The average molecular weight is 246 g/mol. The van der Waals surface area contributed by atoms with Gasteiger partial charge in [0, 0.05) is 5.39 Å². The minimum Gasteiger partial charge on any atom is -0.459 e. The van der Waals surface area contributed by atoms with E-state index in [4.69, 9.17) is 4.42 Å². The van der Waals surface area contributed by atoms with Crippen molar-refractivity contribution in [3.8, 4) is 0 Å². The van der Waals surface area contributed by atoms with Crippen LogP contribution < -0.4 is 5.32 Å². The molecule has 1 unspecified atom stereocenters. The van der Waals surface area contributed by atoms with E-state index >= 15 is 0 Å². The molecule has 0 saturated carbocycles. The molecule has 0 spiro atoms. The number of fused-ring (bicyclic) bond motifs is 1. The molecule has 3 heteroatoms. The lowest BCUT2D eigenvalue weighted by Gasteiger charge is -2.22. The van der Waals surface area contributed by atoms with Crippen molar-refractivity contribution >= 4 is 11.0 Å². The minimum absolute atomic E-state index is 0.314. The number of para-hydroxylation sites is 1. The predicted octanol–water partition coefficient (Wildman–Crippen LogP) is 3.04. The zero-order valence-electron chi connectivity index (χ0n) is 11.4. The maximum Gasteiger partial charge on any atom is 0.134 e. The molecule has 1 atom stereocenters. The first-order valence-corrected chi connectivity index (χ1v) is 6.55. The van der Waals surface area contributed by atoms with Crippen molar-refractivity contribution in [2.45, 2.75) is 19.4 Å². The van der Waals surface area contributed by atoms with Crippen LogP contribution in [0, 0.1) is 0 Å². The smallest absolute Gasteiger partial charge is 0.134 e. The summed E-state index contributed by atoms with van der Waals surface area (Å²) in [5.74, 6) is 1.04. The van der Waals surface area contributed by atoms with Crippen molar-refractivity contribution in [2.24, 2.45) is 0 Å². The normalized spacial score (nSPS) is 13.3. The van der Waals surface area contributed by atoms with Crippen LogP contribution >= 0.6 is 0 Å². The van der Waals surface area contributed by atoms with Gasteiger partial charge in [0.15, 0.2) is 0 Å². The molecule has 2 rings (SSSR count). The van der Waals surface area contributed by atoms with Gasteiger partial charge in [0.2, 0.25) is 0 Å². The Kier molecular flexibility index (Phi) is 4.39. The van der Waals surface area contributed by atoms with E-state index in [1.165, 1.54) is 5.39 Å². The third-order valence-corrected chi connectivity index (χ3v) is 3.46. The number of nitrogens with zero attached hydrogens (tertiary/aromatic N) is 1. The van der Waals surface area contributed by atoms with Crippen molar-refractivity contribution in [1.29, 1.82) is 0 Å². The first kappa shape index (κ1) is 13.1. The van der Waals surface area contributed by atoms with E-state index in [-0.39, 0.29) is 0 Å². The van der Waals surface area contributed by atoms with Gasteiger partial charge < -0.3 is 9.73 Å². The molecule has 0 bridgehead atoms. The molecule has 1 heterocycles. The lowest BCUT2D eigenvalue weighted by Crippen LogP contribution is -2.25. The molecule has 1 aromatic heterocycles. The van der Waals surface area contributed by atoms with Gasteiger partial charge >= 0.3 is 0 Å². The van der Waals surface area contributed by atoms with E-state index in [1.54, 1.807) is 0 Å². The Labute approximate surface area is 109 Å². The van der Waals surface area contributed by atoms with Crippen LogP contribution in [0.1, 0.15) is 25.1 Å². The summed E-state index contributed by atoms with van der Waals surface area (Å²) in [7, 11) is 4.14. The Morgan fingerprint density at radius 1 is 1.33 bits per heavy atom. The zero-order chi connectivity index (χ0) is 13.0. The number of rotatable bonds is 6. The van der Waals surface area contributed by atoms with Gasteiger partial charge in [-0.25, -0.2) is 0 Å². The van der Waals surface area contributed by atoms with Crippen LogP contribution in [0.25, 0.3) is 11.0 Å². The molecule has 1 aromatic carbocycles. The Morgan fingerprint density at radius 3 is 2.83 bits per heavy atom. The van der Waals surface area contributed by atoms with Gasteiger partial charge in [0.25, 0.3) is 0 Å². The Hall–Kier alpha value is -1.32. The highest BCUT2D eigenvalue weighted by Gasteiger charge is 2.15. The second-order valence-electron chi connectivity index (χ2n) is 4.80. The van der Waals surface area contributed by atoms with Gasteiger partial charge in [-0.05, 0) is 52.7 Å². The molecule has 18 heavy (non-hydrogen) atoms. The van der Waals surface area contributed by atoms with Gasteiger partial charge in [-0.2, -0.15) is 0 Å². The van der Waals surface area contributed by atoms with Crippen molar-refractivity contribution < 1.29 is 4.42 Å². The molecular formula is C15H22N2O. The van der Waals surface area contributed by atoms with Crippen LogP contribution in [0.3, 0.4) is 0 Å². The second kappa shape index (κ2) is 6.03. The summed E-state index contributed by atoms with van der Waals surface area (Å²) >= 11 is 0. The third kappa shape index (κ3) is 2.92. The quantitative estimate of drug-likeness (QED) is 0.794. The molecule has 0 radical (unpaired) electrons. The number of hydrogen-bond donors (Lipinski definition) is 1. The second-order valence-corrected chi connectivity index (χ2v) is 4.80. The van der Waals surface area contributed by atoms with E-state index in [0.29, 0.717) is 6.04 Å². The van der Waals surface area contributed by atoms with Crippen molar-refractivity contribution in [2.75, 3.05) is 27.2 Å². The summed E-state index contributed by atoms with van der Waals surface area (Å²) in [6, 6.07) is 10.6. The number of hydrogen-bond acceptors (Lipinski definition) is 3. The van der Waals surface area contributed by atoms with E-state index in [9.17, 15) is 0 Å². The van der Waals surface area contributed by atoms with Crippen LogP contribution in [-0.2, 0) is 0 Å².